The first kappa shape index (κ1) is 18.0. The summed E-state index contributed by atoms with van der Waals surface area (Å²) in [5, 5.41) is 8.73. The lowest BCUT2D eigenvalue weighted by Gasteiger charge is -2.28. The van der Waals surface area contributed by atoms with Gasteiger partial charge < -0.3 is 9.47 Å². The van der Waals surface area contributed by atoms with Crippen LogP contribution in [0.3, 0.4) is 0 Å². The Kier molecular flexibility index (Phi) is 5.77. The summed E-state index contributed by atoms with van der Waals surface area (Å²) in [4.78, 5) is 24.7. The third kappa shape index (κ3) is 7.41. The molecule has 0 spiro atoms. The van der Waals surface area contributed by atoms with E-state index in [1.165, 1.54) is 0 Å². The van der Waals surface area contributed by atoms with E-state index in [9.17, 15) is 9.59 Å². The molecular formula is C14H22N2O4. The van der Waals surface area contributed by atoms with Gasteiger partial charge in [-0.05, 0) is 41.5 Å². The van der Waals surface area contributed by atoms with Gasteiger partial charge in [0, 0.05) is 5.57 Å². The normalized spacial score (nSPS) is 11.2. The molecule has 6 nitrogen and oxygen atoms in total. The van der Waals surface area contributed by atoms with Crippen molar-refractivity contribution in [2.45, 2.75) is 52.7 Å². The number of amides is 2. The summed E-state index contributed by atoms with van der Waals surface area (Å²) in [7, 11) is 0. The van der Waals surface area contributed by atoms with Crippen molar-refractivity contribution >= 4 is 12.2 Å². The highest BCUT2D eigenvalue weighted by Crippen LogP contribution is 2.15. The van der Waals surface area contributed by atoms with Crippen molar-refractivity contribution in [1.29, 1.82) is 5.26 Å². The summed E-state index contributed by atoms with van der Waals surface area (Å²) in [5.74, 6) is 0. The van der Waals surface area contributed by atoms with E-state index in [0.29, 0.717) is 0 Å². The van der Waals surface area contributed by atoms with Gasteiger partial charge in [-0.25, -0.2) is 14.5 Å². The van der Waals surface area contributed by atoms with Crippen LogP contribution in [0.5, 0.6) is 0 Å². The lowest BCUT2D eigenvalue weighted by Crippen LogP contribution is -2.44. The lowest BCUT2D eigenvalue weighted by atomic mass is 10.2. The van der Waals surface area contributed by atoms with E-state index >= 15 is 0 Å². The Morgan fingerprint density at radius 3 is 1.65 bits per heavy atom. The molecular weight excluding hydrogens is 260 g/mol. The molecule has 20 heavy (non-hydrogen) atoms. The smallest absolute Gasteiger partial charge is 0.420 e. The number of nitriles is 1. The number of hydrogen-bond acceptors (Lipinski definition) is 5. The summed E-state index contributed by atoms with van der Waals surface area (Å²) < 4.78 is 10.2. The fourth-order valence-corrected chi connectivity index (χ4v) is 1.06. The fourth-order valence-electron chi connectivity index (χ4n) is 1.06. The van der Waals surface area contributed by atoms with E-state index in [1.807, 2.05) is 0 Å². The third-order valence-electron chi connectivity index (χ3n) is 1.73. The Hall–Kier alpha value is -2.03. The van der Waals surface area contributed by atoms with Crippen molar-refractivity contribution in [3.63, 3.8) is 0 Å². The number of rotatable bonds is 2. The van der Waals surface area contributed by atoms with Gasteiger partial charge in [-0.1, -0.05) is 6.58 Å². The van der Waals surface area contributed by atoms with Gasteiger partial charge >= 0.3 is 12.2 Å². The van der Waals surface area contributed by atoms with E-state index < -0.39 is 23.4 Å². The molecule has 0 saturated carbocycles. The maximum atomic E-state index is 12.0. The first-order valence-electron chi connectivity index (χ1n) is 6.17. The number of carbonyl (C=O) groups is 2. The summed E-state index contributed by atoms with van der Waals surface area (Å²) in [5.41, 5.74) is -1.46. The molecule has 0 aliphatic carbocycles. The van der Waals surface area contributed by atoms with Crippen LogP contribution in [0.1, 0.15) is 41.5 Å². The van der Waals surface area contributed by atoms with Gasteiger partial charge in [0.25, 0.3) is 0 Å². The second kappa shape index (κ2) is 6.42. The van der Waals surface area contributed by atoms with Gasteiger partial charge in [-0.3, -0.25) is 0 Å². The van der Waals surface area contributed by atoms with Crippen molar-refractivity contribution in [3.8, 4) is 6.07 Å². The highest BCUT2D eigenvalue weighted by molar-refractivity contribution is 5.88. The number of carbonyl (C=O) groups excluding carboxylic acids is 2. The molecule has 6 heteroatoms. The Labute approximate surface area is 119 Å². The summed E-state index contributed by atoms with van der Waals surface area (Å²) in [6, 6.07) is 1.78. The van der Waals surface area contributed by atoms with Gasteiger partial charge in [-0.15, -0.1) is 0 Å². The fraction of sp³-hybridized carbons (Fsp3) is 0.643. The van der Waals surface area contributed by atoms with Gasteiger partial charge in [0.1, 0.15) is 11.2 Å². The zero-order valence-corrected chi connectivity index (χ0v) is 12.9. The molecule has 0 aromatic heterocycles. The average molecular weight is 282 g/mol. The van der Waals surface area contributed by atoms with Crippen LogP contribution in [-0.4, -0.2) is 34.8 Å². The van der Waals surface area contributed by atoms with Crippen LogP contribution in [0, 0.1) is 11.3 Å². The second-order valence-electron chi connectivity index (χ2n) is 6.26. The monoisotopic (exact) mass is 282 g/mol. The van der Waals surface area contributed by atoms with E-state index in [-0.39, 0.29) is 12.1 Å². The summed E-state index contributed by atoms with van der Waals surface area (Å²) in [6.45, 7) is 13.3. The molecule has 0 rings (SSSR count). The van der Waals surface area contributed by atoms with Crippen LogP contribution in [0.4, 0.5) is 9.59 Å². The van der Waals surface area contributed by atoms with E-state index in [2.05, 4.69) is 6.58 Å². The van der Waals surface area contributed by atoms with E-state index in [0.717, 1.165) is 4.90 Å². The van der Waals surface area contributed by atoms with Crippen LogP contribution in [0.15, 0.2) is 12.2 Å². The van der Waals surface area contributed by atoms with E-state index in [4.69, 9.17) is 14.7 Å². The lowest BCUT2D eigenvalue weighted by molar-refractivity contribution is 0.00344. The molecule has 0 aliphatic rings. The first-order valence-corrected chi connectivity index (χ1v) is 6.17. The Balaban J connectivity index is 5.09. The standard InChI is InChI=1S/C14H22N2O4/c1-10(8-15)9-16(11(17)19-13(2,3)4)12(18)20-14(5,6)7/h1,9H2,2-7H3. The average Bonchev–Trinajstić information content (AvgIpc) is 2.19. The van der Waals surface area contributed by atoms with Crippen molar-refractivity contribution in [2.24, 2.45) is 0 Å². The molecule has 0 aliphatic heterocycles. The number of nitrogens with zero attached hydrogens (tertiary/aromatic N) is 2. The molecule has 0 N–H and O–H groups in total. The van der Waals surface area contributed by atoms with Gasteiger partial charge in [0.15, 0.2) is 0 Å². The van der Waals surface area contributed by atoms with Crippen LogP contribution in [0.25, 0.3) is 0 Å². The van der Waals surface area contributed by atoms with Crippen molar-refractivity contribution in [1.82, 2.24) is 4.90 Å². The Morgan fingerprint density at radius 2 is 1.40 bits per heavy atom. The number of imide groups is 1. The van der Waals surface area contributed by atoms with Gasteiger partial charge in [0.05, 0.1) is 12.6 Å². The summed E-state index contributed by atoms with van der Waals surface area (Å²) >= 11 is 0. The Bertz CT molecular complexity index is 408. The molecule has 0 heterocycles. The predicted molar refractivity (Wildman–Crippen MR) is 73.9 cm³/mol. The molecule has 0 bridgehead atoms. The SMILES string of the molecule is C=C(C#N)CN(C(=O)OC(C)(C)C)C(=O)OC(C)(C)C. The van der Waals surface area contributed by atoms with Crippen LogP contribution < -0.4 is 0 Å². The van der Waals surface area contributed by atoms with Crippen LogP contribution in [0.2, 0.25) is 0 Å². The maximum absolute atomic E-state index is 12.0. The van der Waals surface area contributed by atoms with Crippen LogP contribution >= 0.6 is 0 Å². The van der Waals surface area contributed by atoms with Crippen molar-refractivity contribution in [2.75, 3.05) is 6.54 Å². The molecule has 2 amide bonds. The van der Waals surface area contributed by atoms with Crippen LogP contribution in [-0.2, 0) is 9.47 Å². The topological polar surface area (TPSA) is 79.6 Å². The summed E-state index contributed by atoms with van der Waals surface area (Å²) in [6.07, 6.45) is -1.74. The third-order valence-corrected chi connectivity index (χ3v) is 1.73. The van der Waals surface area contributed by atoms with E-state index in [1.54, 1.807) is 47.6 Å². The molecule has 0 radical (unpaired) electrons. The molecule has 0 atom stereocenters. The molecule has 0 aromatic rings. The highest BCUT2D eigenvalue weighted by atomic mass is 16.6. The van der Waals surface area contributed by atoms with Gasteiger partial charge in [-0.2, -0.15) is 5.26 Å². The highest BCUT2D eigenvalue weighted by Gasteiger charge is 2.31. The predicted octanol–water partition coefficient (Wildman–Crippen LogP) is 3.24. The quantitative estimate of drug-likeness (QED) is 0.726. The zero-order chi connectivity index (χ0) is 16.1. The maximum Gasteiger partial charge on any atom is 0.420 e. The molecule has 0 unspecified atom stereocenters. The molecule has 112 valence electrons. The minimum Gasteiger partial charge on any atom is -0.443 e. The largest absolute Gasteiger partial charge is 0.443 e. The van der Waals surface area contributed by atoms with Crippen molar-refractivity contribution < 1.29 is 19.1 Å². The molecule has 0 fully saturated rings. The number of hydrogen-bond donors (Lipinski definition) is 0. The molecule has 0 aromatic carbocycles. The first-order chi connectivity index (χ1) is 8.85. The second-order valence-corrected chi connectivity index (χ2v) is 6.26. The molecule has 0 saturated heterocycles. The van der Waals surface area contributed by atoms with Crippen molar-refractivity contribution in [3.05, 3.63) is 12.2 Å². The minimum atomic E-state index is -0.872. The Morgan fingerprint density at radius 1 is 1.05 bits per heavy atom. The van der Waals surface area contributed by atoms with Gasteiger partial charge in [0.2, 0.25) is 0 Å². The zero-order valence-electron chi connectivity index (χ0n) is 12.9. The number of ether oxygens (including phenoxy) is 2. The minimum absolute atomic E-state index is 0.0571.